The van der Waals surface area contributed by atoms with Crippen molar-refractivity contribution in [1.29, 1.82) is 0 Å². The molecule has 2 aliphatic rings. The normalized spacial score (nSPS) is 19.9. The van der Waals surface area contributed by atoms with Crippen LogP contribution in [0.15, 0.2) is 17.7 Å². The molecule has 0 atom stereocenters. The molecule has 0 aromatic carbocycles. The predicted molar refractivity (Wildman–Crippen MR) is 68.2 cm³/mol. The Labute approximate surface area is 110 Å². The molecule has 1 N–H and O–H groups in total. The molecule has 0 unspecified atom stereocenters. The van der Waals surface area contributed by atoms with Crippen molar-refractivity contribution in [2.24, 2.45) is 5.41 Å². The number of rotatable bonds is 1. The molecule has 0 bridgehead atoms. The van der Waals surface area contributed by atoms with E-state index in [2.05, 4.69) is 4.98 Å². The molecule has 19 heavy (non-hydrogen) atoms. The highest BCUT2D eigenvalue weighted by molar-refractivity contribution is 5.67. The van der Waals surface area contributed by atoms with Crippen molar-refractivity contribution >= 4 is 12.2 Å². The fraction of sp³-hybridized carbons (Fsp3) is 0.429. The summed E-state index contributed by atoms with van der Waals surface area (Å²) in [5.74, 6) is -0.427. The van der Waals surface area contributed by atoms with E-state index in [1.165, 1.54) is 10.5 Å². The molecule has 1 aromatic heterocycles. The molecular formula is C14H15FN2O2. The van der Waals surface area contributed by atoms with E-state index in [-0.39, 0.29) is 5.41 Å². The van der Waals surface area contributed by atoms with E-state index in [4.69, 9.17) is 5.11 Å². The second-order valence-corrected chi connectivity index (χ2v) is 5.64. The topological polar surface area (TPSA) is 53.4 Å². The first-order chi connectivity index (χ1) is 8.97. The zero-order chi connectivity index (χ0) is 13.6. The van der Waals surface area contributed by atoms with Gasteiger partial charge in [0, 0.05) is 24.1 Å². The molecule has 1 amide bonds. The van der Waals surface area contributed by atoms with E-state index in [0.717, 1.165) is 12.8 Å². The number of likely N-dealkylation sites (tertiary alicyclic amines) is 1. The summed E-state index contributed by atoms with van der Waals surface area (Å²) in [5, 5.41) is 8.80. The third-order valence-corrected chi connectivity index (χ3v) is 3.94. The van der Waals surface area contributed by atoms with Gasteiger partial charge >= 0.3 is 6.09 Å². The summed E-state index contributed by atoms with van der Waals surface area (Å²) < 4.78 is 13.3. The Kier molecular flexibility index (Phi) is 2.59. The predicted octanol–water partition coefficient (Wildman–Crippen LogP) is 2.69. The summed E-state index contributed by atoms with van der Waals surface area (Å²) in [6, 6.07) is 3.53. The third-order valence-electron chi connectivity index (χ3n) is 3.94. The van der Waals surface area contributed by atoms with E-state index >= 15 is 0 Å². The number of allylic oxidation sites excluding steroid dienone is 1. The molecule has 1 spiro atoms. The van der Waals surface area contributed by atoms with E-state index in [1.54, 1.807) is 19.1 Å². The van der Waals surface area contributed by atoms with Crippen LogP contribution >= 0.6 is 0 Å². The summed E-state index contributed by atoms with van der Waals surface area (Å²) in [4.78, 5) is 16.0. The molecule has 1 saturated carbocycles. The van der Waals surface area contributed by atoms with Crippen molar-refractivity contribution in [3.8, 4) is 0 Å². The zero-order valence-corrected chi connectivity index (χ0v) is 10.7. The summed E-state index contributed by atoms with van der Waals surface area (Å²) in [5.41, 5.74) is 2.56. The van der Waals surface area contributed by atoms with Gasteiger partial charge in [0.15, 0.2) is 0 Å². The minimum atomic E-state index is -0.842. The standard InChI is InChI=1S/C14H15FN2O2/c1-9-2-3-11(16-12(9)15)4-10-5-14(6-10)7-17(8-14)13(18)19/h2-4H,5-8H2,1H3,(H,18,19). The van der Waals surface area contributed by atoms with Gasteiger partial charge in [0.2, 0.25) is 5.95 Å². The van der Waals surface area contributed by atoms with Crippen molar-refractivity contribution in [2.45, 2.75) is 19.8 Å². The molecule has 1 aliphatic heterocycles. The van der Waals surface area contributed by atoms with Gasteiger partial charge in [-0.15, -0.1) is 0 Å². The first-order valence-corrected chi connectivity index (χ1v) is 6.28. The molecule has 2 heterocycles. The van der Waals surface area contributed by atoms with Crippen molar-refractivity contribution in [3.63, 3.8) is 0 Å². The zero-order valence-electron chi connectivity index (χ0n) is 10.7. The maximum absolute atomic E-state index is 13.3. The first-order valence-electron chi connectivity index (χ1n) is 6.28. The lowest BCUT2D eigenvalue weighted by molar-refractivity contribution is -0.0162. The van der Waals surface area contributed by atoms with Crippen LogP contribution in [-0.2, 0) is 0 Å². The van der Waals surface area contributed by atoms with Gasteiger partial charge in [0.25, 0.3) is 0 Å². The van der Waals surface area contributed by atoms with Crippen LogP contribution in [0, 0.1) is 18.3 Å². The van der Waals surface area contributed by atoms with Gasteiger partial charge in [-0.2, -0.15) is 4.39 Å². The molecule has 5 heteroatoms. The SMILES string of the molecule is Cc1ccc(C=C2CC3(C2)CN(C(=O)O)C3)nc1F. The Hall–Kier alpha value is -1.91. The fourth-order valence-electron chi connectivity index (χ4n) is 2.94. The minimum Gasteiger partial charge on any atom is -0.465 e. The number of pyridine rings is 1. The Morgan fingerprint density at radius 1 is 1.47 bits per heavy atom. The number of hydrogen-bond donors (Lipinski definition) is 1. The summed E-state index contributed by atoms with van der Waals surface area (Å²) in [6.07, 6.45) is 2.87. The molecule has 3 rings (SSSR count). The van der Waals surface area contributed by atoms with Crippen LogP contribution in [0.2, 0.25) is 0 Å². The van der Waals surface area contributed by atoms with Crippen LogP contribution in [0.25, 0.3) is 6.08 Å². The number of aryl methyl sites for hydroxylation is 1. The number of amides is 1. The van der Waals surface area contributed by atoms with Crippen LogP contribution in [0.5, 0.6) is 0 Å². The number of carbonyl (C=O) groups is 1. The smallest absolute Gasteiger partial charge is 0.407 e. The van der Waals surface area contributed by atoms with Gasteiger partial charge in [0.05, 0.1) is 5.69 Å². The lowest BCUT2D eigenvalue weighted by atomic mass is 9.60. The highest BCUT2D eigenvalue weighted by Crippen LogP contribution is 2.51. The highest BCUT2D eigenvalue weighted by atomic mass is 19.1. The first kappa shape index (κ1) is 12.1. The van der Waals surface area contributed by atoms with E-state index < -0.39 is 12.0 Å². The van der Waals surface area contributed by atoms with Gasteiger partial charge in [-0.1, -0.05) is 11.6 Å². The van der Waals surface area contributed by atoms with Crippen LogP contribution in [0.4, 0.5) is 9.18 Å². The Morgan fingerprint density at radius 2 is 2.16 bits per heavy atom. The molecular weight excluding hydrogens is 247 g/mol. The average molecular weight is 262 g/mol. The minimum absolute atomic E-state index is 0.146. The van der Waals surface area contributed by atoms with E-state index in [9.17, 15) is 9.18 Å². The second kappa shape index (κ2) is 4.05. The van der Waals surface area contributed by atoms with Crippen LogP contribution in [0.1, 0.15) is 24.1 Å². The Bertz CT molecular complexity index is 567. The average Bonchev–Trinajstić information content (AvgIpc) is 2.24. The maximum Gasteiger partial charge on any atom is 0.407 e. The number of aromatic nitrogens is 1. The van der Waals surface area contributed by atoms with E-state index in [0.29, 0.717) is 24.3 Å². The van der Waals surface area contributed by atoms with Crippen LogP contribution in [-0.4, -0.2) is 34.2 Å². The van der Waals surface area contributed by atoms with Crippen LogP contribution in [0.3, 0.4) is 0 Å². The molecule has 4 nitrogen and oxygen atoms in total. The van der Waals surface area contributed by atoms with E-state index in [1.807, 2.05) is 6.08 Å². The largest absolute Gasteiger partial charge is 0.465 e. The molecule has 0 radical (unpaired) electrons. The van der Waals surface area contributed by atoms with Crippen LogP contribution < -0.4 is 0 Å². The number of nitrogens with zero attached hydrogens (tertiary/aromatic N) is 2. The lowest BCUT2D eigenvalue weighted by Gasteiger charge is -2.55. The Balaban J connectivity index is 1.63. The number of hydrogen-bond acceptors (Lipinski definition) is 2. The van der Waals surface area contributed by atoms with Gasteiger partial charge in [-0.3, -0.25) is 0 Å². The van der Waals surface area contributed by atoms with Gasteiger partial charge in [-0.05, 0) is 31.9 Å². The van der Waals surface area contributed by atoms with Gasteiger partial charge in [-0.25, -0.2) is 9.78 Å². The number of carboxylic acid groups (broad SMARTS) is 1. The van der Waals surface area contributed by atoms with Gasteiger partial charge < -0.3 is 10.0 Å². The maximum atomic E-state index is 13.3. The molecule has 1 saturated heterocycles. The lowest BCUT2D eigenvalue weighted by Crippen LogP contribution is -2.61. The fourth-order valence-corrected chi connectivity index (χ4v) is 2.94. The number of halogens is 1. The molecule has 100 valence electrons. The van der Waals surface area contributed by atoms with Crippen molar-refractivity contribution in [2.75, 3.05) is 13.1 Å². The summed E-state index contributed by atoms with van der Waals surface area (Å²) in [6.45, 7) is 2.93. The molecule has 1 aromatic rings. The van der Waals surface area contributed by atoms with Crippen molar-refractivity contribution in [3.05, 3.63) is 34.9 Å². The van der Waals surface area contributed by atoms with Crippen molar-refractivity contribution in [1.82, 2.24) is 9.88 Å². The highest BCUT2D eigenvalue weighted by Gasteiger charge is 2.51. The summed E-state index contributed by atoms with van der Waals surface area (Å²) >= 11 is 0. The third kappa shape index (κ3) is 2.09. The Morgan fingerprint density at radius 3 is 2.74 bits per heavy atom. The monoisotopic (exact) mass is 262 g/mol. The quantitative estimate of drug-likeness (QED) is 0.792. The molecule has 1 aliphatic carbocycles. The second-order valence-electron chi connectivity index (χ2n) is 5.64. The van der Waals surface area contributed by atoms with Crippen molar-refractivity contribution < 1.29 is 14.3 Å². The van der Waals surface area contributed by atoms with Gasteiger partial charge in [0.1, 0.15) is 0 Å². The molecule has 2 fully saturated rings. The summed E-state index contributed by atoms with van der Waals surface area (Å²) in [7, 11) is 0.